The Morgan fingerprint density at radius 3 is 2.89 bits per heavy atom. The van der Waals surface area contributed by atoms with E-state index in [0.29, 0.717) is 11.6 Å². The smallest absolute Gasteiger partial charge is 0.272 e. The molecule has 0 amide bonds. The van der Waals surface area contributed by atoms with E-state index in [0.717, 1.165) is 25.0 Å². The number of benzene rings is 1. The molecule has 0 aliphatic heterocycles. The van der Waals surface area contributed by atoms with Crippen LogP contribution in [0, 0.1) is 16.0 Å². The molecule has 0 heterocycles. The first-order chi connectivity index (χ1) is 8.68. The number of hydrogen-bond acceptors (Lipinski definition) is 4. The predicted molar refractivity (Wildman–Crippen MR) is 71.8 cm³/mol. The van der Waals surface area contributed by atoms with Gasteiger partial charge in [-0.15, -0.1) is 0 Å². The Kier molecular flexibility index (Phi) is 3.92. The fourth-order valence-corrected chi connectivity index (χ4v) is 2.20. The van der Waals surface area contributed by atoms with E-state index in [9.17, 15) is 10.1 Å². The highest BCUT2D eigenvalue weighted by Crippen LogP contribution is 2.25. The third kappa shape index (κ3) is 2.85. The zero-order valence-corrected chi connectivity index (χ0v) is 10.4. The highest BCUT2D eigenvalue weighted by Gasteiger charge is 2.17. The number of hydrazone groups is 1. The maximum atomic E-state index is 10.9. The average Bonchev–Trinajstić information content (AvgIpc) is 2.38. The summed E-state index contributed by atoms with van der Waals surface area (Å²) in [6.45, 7) is 2.15. The zero-order valence-electron chi connectivity index (χ0n) is 10.4. The van der Waals surface area contributed by atoms with Gasteiger partial charge in [0.05, 0.1) is 4.92 Å². The fraction of sp³-hybridized carbons (Fsp3) is 0.462. The molecule has 0 radical (unpaired) electrons. The average molecular weight is 247 g/mol. The van der Waals surface area contributed by atoms with Gasteiger partial charge in [-0.3, -0.25) is 15.5 Å². The van der Waals surface area contributed by atoms with Crippen LogP contribution in [0.25, 0.3) is 0 Å². The van der Waals surface area contributed by atoms with Gasteiger partial charge in [-0.25, -0.2) is 0 Å². The van der Waals surface area contributed by atoms with Crippen molar-refractivity contribution in [1.82, 2.24) is 0 Å². The minimum atomic E-state index is -0.396. The Balaban J connectivity index is 2.14. The van der Waals surface area contributed by atoms with E-state index in [1.807, 2.05) is 0 Å². The summed E-state index contributed by atoms with van der Waals surface area (Å²) in [5.41, 5.74) is 4.46. The summed E-state index contributed by atoms with van der Waals surface area (Å²) in [4.78, 5) is 10.5. The normalized spacial score (nSPS) is 21.8. The monoisotopic (exact) mass is 247 g/mol. The number of para-hydroxylation sites is 2. The first kappa shape index (κ1) is 12.5. The Hall–Kier alpha value is -1.91. The van der Waals surface area contributed by atoms with Gasteiger partial charge in [-0.1, -0.05) is 25.5 Å². The first-order valence-electron chi connectivity index (χ1n) is 6.24. The van der Waals surface area contributed by atoms with Gasteiger partial charge in [-0.2, -0.15) is 5.10 Å². The third-order valence-corrected chi connectivity index (χ3v) is 3.31. The Labute approximate surface area is 106 Å². The van der Waals surface area contributed by atoms with Crippen LogP contribution in [0.3, 0.4) is 0 Å². The molecule has 1 aromatic rings. The molecule has 2 rings (SSSR count). The molecule has 1 aliphatic rings. The minimum absolute atomic E-state index is 0.0605. The Bertz CT molecular complexity index is 471. The summed E-state index contributed by atoms with van der Waals surface area (Å²) in [6, 6.07) is 6.57. The molecule has 96 valence electrons. The number of nitro groups is 1. The van der Waals surface area contributed by atoms with E-state index < -0.39 is 4.92 Å². The van der Waals surface area contributed by atoms with Crippen LogP contribution >= 0.6 is 0 Å². The number of nitrogens with zero attached hydrogens (tertiary/aromatic N) is 2. The molecule has 1 N–H and O–H groups in total. The van der Waals surface area contributed by atoms with Gasteiger partial charge in [-0.05, 0) is 31.2 Å². The van der Waals surface area contributed by atoms with Gasteiger partial charge in [0.15, 0.2) is 0 Å². The molecule has 5 nitrogen and oxygen atoms in total. The number of nitro benzene ring substituents is 1. The minimum Gasteiger partial charge on any atom is -0.272 e. The van der Waals surface area contributed by atoms with Gasteiger partial charge < -0.3 is 0 Å². The van der Waals surface area contributed by atoms with Gasteiger partial charge in [0.2, 0.25) is 0 Å². The van der Waals surface area contributed by atoms with Crippen molar-refractivity contribution in [2.24, 2.45) is 11.0 Å². The molecule has 1 saturated carbocycles. The van der Waals surface area contributed by atoms with Crippen molar-refractivity contribution in [2.75, 3.05) is 5.43 Å². The van der Waals surface area contributed by atoms with Crippen LogP contribution in [0.1, 0.15) is 32.6 Å². The number of hydrogen-bond donors (Lipinski definition) is 1. The Morgan fingerprint density at radius 2 is 2.17 bits per heavy atom. The lowest BCUT2D eigenvalue weighted by molar-refractivity contribution is -0.384. The van der Waals surface area contributed by atoms with Gasteiger partial charge >= 0.3 is 0 Å². The third-order valence-electron chi connectivity index (χ3n) is 3.31. The van der Waals surface area contributed by atoms with Crippen LogP contribution in [0.4, 0.5) is 11.4 Å². The number of rotatable bonds is 3. The molecule has 0 spiro atoms. The highest BCUT2D eigenvalue weighted by molar-refractivity contribution is 5.87. The molecule has 0 aromatic heterocycles. The molecule has 18 heavy (non-hydrogen) atoms. The summed E-state index contributed by atoms with van der Waals surface area (Å²) in [5.74, 6) is 0.467. The van der Waals surface area contributed by atoms with Crippen LogP contribution < -0.4 is 5.43 Å². The van der Waals surface area contributed by atoms with Crippen LogP contribution in [-0.2, 0) is 0 Å². The largest absolute Gasteiger partial charge is 0.294 e. The molecule has 5 heteroatoms. The summed E-state index contributed by atoms with van der Waals surface area (Å²) in [5, 5.41) is 15.2. The van der Waals surface area contributed by atoms with E-state index in [1.165, 1.54) is 12.5 Å². The quantitative estimate of drug-likeness (QED) is 0.655. The first-order valence-corrected chi connectivity index (χ1v) is 6.24. The van der Waals surface area contributed by atoms with Crippen molar-refractivity contribution in [3.63, 3.8) is 0 Å². The molecule has 0 unspecified atom stereocenters. The van der Waals surface area contributed by atoms with Crippen LogP contribution in [0.15, 0.2) is 29.4 Å². The van der Waals surface area contributed by atoms with Gasteiger partial charge in [0.1, 0.15) is 5.69 Å². The van der Waals surface area contributed by atoms with E-state index >= 15 is 0 Å². The van der Waals surface area contributed by atoms with E-state index in [4.69, 9.17) is 0 Å². The van der Waals surface area contributed by atoms with Crippen molar-refractivity contribution in [1.29, 1.82) is 0 Å². The van der Waals surface area contributed by atoms with Crippen molar-refractivity contribution in [2.45, 2.75) is 32.6 Å². The predicted octanol–water partition coefficient (Wildman–Crippen LogP) is 3.57. The van der Waals surface area contributed by atoms with Crippen molar-refractivity contribution >= 4 is 17.1 Å². The summed E-state index contributed by atoms with van der Waals surface area (Å²) in [6.07, 6.45) is 4.53. The van der Waals surface area contributed by atoms with Crippen LogP contribution in [-0.4, -0.2) is 10.6 Å². The Morgan fingerprint density at radius 1 is 1.39 bits per heavy atom. The molecule has 1 aliphatic carbocycles. The van der Waals surface area contributed by atoms with Crippen molar-refractivity contribution in [3.05, 3.63) is 34.4 Å². The van der Waals surface area contributed by atoms with Crippen molar-refractivity contribution in [3.8, 4) is 0 Å². The van der Waals surface area contributed by atoms with E-state index in [2.05, 4.69) is 17.5 Å². The standard InChI is InChI=1S/C13H17N3O2/c1-10-6-2-3-7-11(10)14-15-12-8-4-5-9-13(12)16(17)18/h4-5,8-10,15H,2-3,6-7H2,1H3/b14-11+/t10-/m0/s1. The molecular formula is C13H17N3O2. The SMILES string of the molecule is C[C@H]1CCCC/C1=N\Nc1ccccc1[N+](=O)[O-]. The lowest BCUT2D eigenvalue weighted by Gasteiger charge is -2.19. The molecule has 0 saturated heterocycles. The molecule has 1 fully saturated rings. The summed E-state index contributed by atoms with van der Waals surface area (Å²) in [7, 11) is 0. The molecule has 1 atom stereocenters. The van der Waals surface area contributed by atoms with Gasteiger partial charge in [0, 0.05) is 11.8 Å². The molecule has 0 bridgehead atoms. The molecular weight excluding hydrogens is 230 g/mol. The number of nitrogens with one attached hydrogen (secondary N) is 1. The summed E-state index contributed by atoms with van der Waals surface area (Å²) < 4.78 is 0. The lowest BCUT2D eigenvalue weighted by Crippen LogP contribution is -2.17. The fourth-order valence-electron chi connectivity index (χ4n) is 2.20. The second-order valence-electron chi connectivity index (χ2n) is 4.64. The van der Waals surface area contributed by atoms with Crippen LogP contribution in [0.2, 0.25) is 0 Å². The number of anilines is 1. The van der Waals surface area contributed by atoms with Crippen LogP contribution in [0.5, 0.6) is 0 Å². The van der Waals surface area contributed by atoms with E-state index in [-0.39, 0.29) is 5.69 Å². The maximum absolute atomic E-state index is 10.9. The second kappa shape index (κ2) is 5.62. The maximum Gasteiger partial charge on any atom is 0.294 e. The highest BCUT2D eigenvalue weighted by atomic mass is 16.6. The summed E-state index contributed by atoms with van der Waals surface area (Å²) >= 11 is 0. The topological polar surface area (TPSA) is 67.5 Å². The van der Waals surface area contributed by atoms with E-state index in [1.54, 1.807) is 18.2 Å². The van der Waals surface area contributed by atoms with Gasteiger partial charge in [0.25, 0.3) is 5.69 Å². The molecule has 1 aromatic carbocycles. The second-order valence-corrected chi connectivity index (χ2v) is 4.64. The zero-order chi connectivity index (χ0) is 13.0. The lowest BCUT2D eigenvalue weighted by atomic mass is 9.89. The van der Waals surface area contributed by atoms with Crippen molar-refractivity contribution < 1.29 is 4.92 Å².